The Hall–Kier alpha value is -1.17. The number of rotatable bonds is 5. The summed E-state index contributed by atoms with van der Waals surface area (Å²) in [5, 5.41) is 3.43. The van der Waals surface area contributed by atoms with Crippen LogP contribution in [0, 0.1) is 13.8 Å². The average Bonchev–Trinajstić information content (AvgIpc) is 3.06. The highest BCUT2D eigenvalue weighted by Crippen LogP contribution is 2.25. The number of halogens is 3. The van der Waals surface area contributed by atoms with E-state index in [1.165, 1.54) is 12.8 Å². The van der Waals surface area contributed by atoms with Crippen LogP contribution in [0.15, 0.2) is 0 Å². The van der Waals surface area contributed by atoms with Gasteiger partial charge in [-0.25, -0.2) is 9.97 Å². The van der Waals surface area contributed by atoms with Crippen molar-refractivity contribution < 1.29 is 13.2 Å². The van der Waals surface area contributed by atoms with Gasteiger partial charge in [-0.3, -0.25) is 0 Å². The molecule has 0 radical (unpaired) electrons. The second kappa shape index (κ2) is 5.68. The smallest absolute Gasteiger partial charge is 0.313 e. The molecule has 1 N–H and O–H groups in total. The molecule has 0 amide bonds. The summed E-state index contributed by atoms with van der Waals surface area (Å²) in [6, 6.07) is 0.614. The Balaban J connectivity index is 2.12. The minimum Gasteiger partial charge on any atom is -0.313 e. The summed E-state index contributed by atoms with van der Waals surface area (Å²) in [4.78, 5) is 8.05. The molecule has 1 aromatic rings. The first-order valence-electron chi connectivity index (χ1n) is 6.90. The molecule has 1 aromatic heterocycles. The summed E-state index contributed by atoms with van der Waals surface area (Å²) in [7, 11) is 0. The second-order valence-electron chi connectivity index (χ2n) is 5.60. The Kier molecular flexibility index (Phi) is 4.32. The monoisotopic (exact) mass is 287 g/mol. The molecule has 1 fully saturated rings. The summed E-state index contributed by atoms with van der Waals surface area (Å²) < 4.78 is 37.2. The lowest BCUT2D eigenvalue weighted by Gasteiger charge is -2.18. The fourth-order valence-corrected chi connectivity index (χ4v) is 2.50. The molecular weight excluding hydrogens is 267 g/mol. The van der Waals surface area contributed by atoms with E-state index in [1.54, 1.807) is 13.8 Å². The number of hydrogen-bond acceptors (Lipinski definition) is 3. The van der Waals surface area contributed by atoms with Crippen molar-refractivity contribution in [1.29, 1.82) is 0 Å². The normalized spacial score (nSPS) is 17.3. The average molecular weight is 287 g/mol. The topological polar surface area (TPSA) is 37.8 Å². The summed E-state index contributed by atoms with van der Waals surface area (Å²) in [6.45, 7) is 6.39. The van der Waals surface area contributed by atoms with Crippen molar-refractivity contribution in [3.63, 3.8) is 0 Å². The predicted molar refractivity (Wildman–Crippen MR) is 70.7 cm³/mol. The second-order valence-corrected chi connectivity index (χ2v) is 5.60. The molecule has 1 saturated carbocycles. The Morgan fingerprint density at radius 3 is 2.20 bits per heavy atom. The minimum atomic E-state index is -4.26. The number of nitrogens with zero attached hydrogens (tertiary/aromatic N) is 2. The van der Waals surface area contributed by atoms with Crippen molar-refractivity contribution >= 4 is 0 Å². The molecule has 112 valence electrons. The third-order valence-corrected chi connectivity index (χ3v) is 3.51. The lowest BCUT2D eigenvalue weighted by molar-refractivity contribution is -0.128. The molecule has 0 aromatic carbocycles. The zero-order valence-corrected chi connectivity index (χ0v) is 12.0. The van der Waals surface area contributed by atoms with Crippen molar-refractivity contribution in [3.8, 4) is 0 Å². The Morgan fingerprint density at radius 1 is 1.20 bits per heavy atom. The van der Waals surface area contributed by atoms with Crippen molar-refractivity contribution in [2.24, 2.45) is 0 Å². The van der Waals surface area contributed by atoms with Crippen LogP contribution in [0.5, 0.6) is 0 Å². The standard InChI is InChI=1S/C14H20F3N3/c1-8(7-18-11-4-5-11)13-9(2)19-12(20-10(13)3)6-14(15,16)17/h8,11,18H,4-7H2,1-3H3. The molecule has 0 aliphatic heterocycles. The molecule has 1 aliphatic carbocycles. The van der Waals surface area contributed by atoms with E-state index in [0.717, 1.165) is 12.1 Å². The highest BCUT2D eigenvalue weighted by molar-refractivity contribution is 5.28. The van der Waals surface area contributed by atoms with Crippen LogP contribution in [0.25, 0.3) is 0 Å². The van der Waals surface area contributed by atoms with E-state index >= 15 is 0 Å². The lowest BCUT2D eigenvalue weighted by atomic mass is 9.98. The van der Waals surface area contributed by atoms with Gasteiger partial charge in [0.15, 0.2) is 0 Å². The Morgan fingerprint density at radius 2 is 1.75 bits per heavy atom. The van der Waals surface area contributed by atoms with Gasteiger partial charge in [0, 0.05) is 24.0 Å². The van der Waals surface area contributed by atoms with Crippen LogP contribution < -0.4 is 5.32 Å². The van der Waals surface area contributed by atoms with Crippen molar-refractivity contribution in [2.45, 2.75) is 58.2 Å². The molecule has 0 bridgehead atoms. The van der Waals surface area contributed by atoms with E-state index < -0.39 is 12.6 Å². The summed E-state index contributed by atoms with van der Waals surface area (Å²) in [5.74, 6) is 0.0640. The van der Waals surface area contributed by atoms with Gasteiger partial charge in [0.1, 0.15) is 12.2 Å². The van der Waals surface area contributed by atoms with E-state index in [1.807, 2.05) is 0 Å². The van der Waals surface area contributed by atoms with Gasteiger partial charge in [-0.1, -0.05) is 6.92 Å². The molecule has 1 aliphatic rings. The summed E-state index contributed by atoms with van der Waals surface area (Å²) in [6.07, 6.45) is -2.90. The maximum Gasteiger partial charge on any atom is 0.396 e. The van der Waals surface area contributed by atoms with Gasteiger partial charge in [-0.05, 0) is 38.2 Å². The number of aromatic nitrogens is 2. The summed E-state index contributed by atoms with van der Waals surface area (Å²) in [5.41, 5.74) is 2.27. The molecule has 1 unspecified atom stereocenters. The first-order valence-corrected chi connectivity index (χ1v) is 6.90. The van der Waals surface area contributed by atoms with Gasteiger partial charge in [0.25, 0.3) is 0 Å². The molecule has 1 atom stereocenters. The van der Waals surface area contributed by atoms with Gasteiger partial charge in [-0.15, -0.1) is 0 Å². The highest BCUT2D eigenvalue weighted by atomic mass is 19.4. The highest BCUT2D eigenvalue weighted by Gasteiger charge is 2.30. The van der Waals surface area contributed by atoms with E-state index in [0.29, 0.717) is 17.4 Å². The molecule has 20 heavy (non-hydrogen) atoms. The fraction of sp³-hybridized carbons (Fsp3) is 0.714. The third-order valence-electron chi connectivity index (χ3n) is 3.51. The zero-order valence-electron chi connectivity index (χ0n) is 12.0. The number of alkyl halides is 3. The molecule has 0 spiro atoms. The number of hydrogen-bond donors (Lipinski definition) is 1. The maximum absolute atomic E-state index is 12.4. The van der Waals surface area contributed by atoms with E-state index in [4.69, 9.17) is 0 Å². The quantitative estimate of drug-likeness (QED) is 0.904. The predicted octanol–water partition coefficient (Wildman–Crippen LogP) is 3.05. The van der Waals surface area contributed by atoms with Crippen LogP contribution in [0.4, 0.5) is 13.2 Å². The molecule has 6 heteroatoms. The maximum atomic E-state index is 12.4. The Labute approximate surface area is 117 Å². The lowest BCUT2D eigenvalue weighted by Crippen LogP contribution is -2.24. The van der Waals surface area contributed by atoms with Gasteiger partial charge < -0.3 is 5.32 Å². The fourth-order valence-electron chi connectivity index (χ4n) is 2.50. The van der Waals surface area contributed by atoms with Crippen LogP contribution in [-0.2, 0) is 6.42 Å². The van der Waals surface area contributed by atoms with Crippen LogP contribution in [0.1, 0.15) is 48.5 Å². The zero-order chi connectivity index (χ0) is 14.9. The number of nitrogens with one attached hydrogen (secondary N) is 1. The Bertz CT molecular complexity index is 458. The van der Waals surface area contributed by atoms with E-state index in [-0.39, 0.29) is 11.7 Å². The van der Waals surface area contributed by atoms with E-state index in [2.05, 4.69) is 22.2 Å². The van der Waals surface area contributed by atoms with Gasteiger partial charge in [0.05, 0.1) is 0 Å². The van der Waals surface area contributed by atoms with Gasteiger partial charge in [-0.2, -0.15) is 13.2 Å². The van der Waals surface area contributed by atoms with Gasteiger partial charge >= 0.3 is 6.18 Å². The van der Waals surface area contributed by atoms with Crippen molar-refractivity contribution in [3.05, 3.63) is 22.8 Å². The third kappa shape index (κ3) is 4.16. The van der Waals surface area contributed by atoms with Crippen molar-refractivity contribution in [2.75, 3.05) is 6.54 Å². The van der Waals surface area contributed by atoms with Crippen LogP contribution in [0.2, 0.25) is 0 Å². The molecule has 3 nitrogen and oxygen atoms in total. The first kappa shape index (κ1) is 15.2. The molecule has 2 rings (SSSR count). The van der Waals surface area contributed by atoms with E-state index in [9.17, 15) is 13.2 Å². The summed E-state index contributed by atoms with van der Waals surface area (Å²) >= 11 is 0. The number of aryl methyl sites for hydroxylation is 2. The van der Waals surface area contributed by atoms with Crippen molar-refractivity contribution in [1.82, 2.24) is 15.3 Å². The first-order chi connectivity index (χ1) is 9.26. The largest absolute Gasteiger partial charge is 0.396 e. The van der Waals surface area contributed by atoms with Gasteiger partial charge in [0.2, 0.25) is 0 Å². The SMILES string of the molecule is Cc1nc(CC(F)(F)F)nc(C)c1C(C)CNC1CC1. The molecular formula is C14H20F3N3. The van der Waals surface area contributed by atoms with Crippen LogP contribution in [0.3, 0.4) is 0 Å². The molecule has 0 saturated heterocycles. The molecule has 1 heterocycles. The van der Waals surface area contributed by atoms with Crippen LogP contribution >= 0.6 is 0 Å². The van der Waals surface area contributed by atoms with Crippen LogP contribution in [-0.4, -0.2) is 28.7 Å². The minimum absolute atomic E-state index is 0.140.